The van der Waals surface area contributed by atoms with Crippen LogP contribution in [0.3, 0.4) is 0 Å². The highest BCUT2D eigenvalue weighted by Crippen LogP contribution is 2.37. The molecule has 2 aromatic rings. The summed E-state index contributed by atoms with van der Waals surface area (Å²) in [4.78, 5) is 14.8. The molecule has 8 heteroatoms. The van der Waals surface area contributed by atoms with Gasteiger partial charge in [-0.05, 0) is 41.5 Å². The third-order valence-electron chi connectivity index (χ3n) is 4.15. The van der Waals surface area contributed by atoms with Gasteiger partial charge in [-0.1, -0.05) is 36.1 Å². The molecule has 2 aromatic carbocycles. The summed E-state index contributed by atoms with van der Waals surface area (Å²) in [7, 11) is 1.48. The van der Waals surface area contributed by atoms with Crippen molar-refractivity contribution in [1.29, 1.82) is 0 Å². The first-order valence-electron chi connectivity index (χ1n) is 8.06. The van der Waals surface area contributed by atoms with E-state index in [2.05, 4.69) is 0 Å². The second kappa shape index (κ2) is 7.13. The summed E-state index contributed by atoms with van der Waals surface area (Å²) in [5.41, 5.74) is 1.59. The number of benzene rings is 2. The minimum atomic E-state index is -0.169. The number of methoxy groups -OCH3 is 1. The van der Waals surface area contributed by atoms with Gasteiger partial charge in [-0.15, -0.1) is 0 Å². The zero-order valence-corrected chi connectivity index (χ0v) is 15.9. The van der Waals surface area contributed by atoms with E-state index in [0.717, 1.165) is 5.56 Å². The minimum absolute atomic E-state index is 0.0158. The van der Waals surface area contributed by atoms with Crippen molar-refractivity contribution in [2.45, 2.75) is 6.54 Å². The van der Waals surface area contributed by atoms with Gasteiger partial charge in [0.1, 0.15) is 4.32 Å². The van der Waals surface area contributed by atoms with Crippen LogP contribution in [-0.4, -0.2) is 34.1 Å². The van der Waals surface area contributed by atoms with Gasteiger partial charge in [-0.3, -0.25) is 9.69 Å². The fourth-order valence-corrected chi connectivity index (χ4v) is 4.06. The third-order valence-corrected chi connectivity index (χ3v) is 5.53. The Morgan fingerprint density at radius 3 is 2.85 bits per heavy atom. The number of carbonyl (C=O) groups excluding carboxylic acids is 1. The van der Waals surface area contributed by atoms with E-state index < -0.39 is 0 Å². The smallest absolute Gasteiger partial charge is 0.266 e. The highest BCUT2D eigenvalue weighted by molar-refractivity contribution is 8.26. The lowest BCUT2D eigenvalue weighted by atomic mass is 10.1. The number of fused-ring (bicyclic) bond motifs is 1. The van der Waals surface area contributed by atoms with Crippen LogP contribution in [0.25, 0.3) is 6.08 Å². The van der Waals surface area contributed by atoms with Crippen molar-refractivity contribution in [3.05, 3.63) is 52.4 Å². The predicted molar refractivity (Wildman–Crippen MR) is 106 cm³/mol. The van der Waals surface area contributed by atoms with Crippen molar-refractivity contribution >= 4 is 40.3 Å². The molecule has 6 nitrogen and oxygen atoms in total. The second-order valence-corrected chi connectivity index (χ2v) is 7.56. The van der Waals surface area contributed by atoms with Gasteiger partial charge in [-0.25, -0.2) is 0 Å². The molecule has 1 N–H and O–H groups in total. The lowest BCUT2D eigenvalue weighted by Gasteiger charge is -2.14. The van der Waals surface area contributed by atoms with Crippen molar-refractivity contribution in [2.24, 2.45) is 0 Å². The van der Waals surface area contributed by atoms with Crippen molar-refractivity contribution in [3.8, 4) is 23.0 Å². The highest BCUT2D eigenvalue weighted by atomic mass is 32.2. The van der Waals surface area contributed by atoms with Crippen LogP contribution < -0.4 is 14.2 Å². The molecule has 0 atom stereocenters. The van der Waals surface area contributed by atoms with Crippen molar-refractivity contribution < 1.29 is 24.1 Å². The molecule has 2 heterocycles. The number of ether oxygens (including phenoxy) is 3. The number of rotatable bonds is 4. The molecular weight excluding hydrogens is 386 g/mol. The highest BCUT2D eigenvalue weighted by Gasteiger charge is 2.32. The summed E-state index contributed by atoms with van der Waals surface area (Å²) in [6.45, 7) is 0.559. The monoisotopic (exact) mass is 401 g/mol. The summed E-state index contributed by atoms with van der Waals surface area (Å²) in [6.07, 6.45) is 1.71. The Balaban J connectivity index is 1.54. The van der Waals surface area contributed by atoms with E-state index >= 15 is 0 Å². The fraction of sp³-hybridized carbons (Fsp3) is 0.158. The van der Waals surface area contributed by atoms with Crippen molar-refractivity contribution in [1.82, 2.24) is 4.90 Å². The van der Waals surface area contributed by atoms with Gasteiger partial charge in [0.05, 0.1) is 18.6 Å². The molecule has 0 spiro atoms. The molecule has 0 bridgehead atoms. The number of amides is 1. The average molecular weight is 401 g/mol. The van der Waals surface area contributed by atoms with Crippen LogP contribution in [0.15, 0.2) is 41.3 Å². The molecule has 1 fully saturated rings. The topological polar surface area (TPSA) is 68.2 Å². The normalized spacial score (nSPS) is 17.1. The lowest BCUT2D eigenvalue weighted by Crippen LogP contribution is -2.27. The van der Waals surface area contributed by atoms with Crippen LogP contribution in [-0.2, 0) is 11.3 Å². The second-order valence-electron chi connectivity index (χ2n) is 5.89. The molecular formula is C19H15NO5S2. The van der Waals surface area contributed by atoms with Crippen LogP contribution in [0.1, 0.15) is 11.1 Å². The Morgan fingerprint density at radius 1 is 1.26 bits per heavy atom. The summed E-state index contributed by atoms with van der Waals surface area (Å²) < 4.78 is 16.2. The van der Waals surface area contributed by atoms with E-state index in [-0.39, 0.29) is 18.4 Å². The zero-order chi connectivity index (χ0) is 19.0. The average Bonchev–Trinajstić information content (AvgIpc) is 3.22. The number of nitrogens with zero attached hydrogens (tertiary/aromatic N) is 1. The molecule has 4 rings (SSSR count). The predicted octanol–water partition coefficient (Wildman–Crippen LogP) is 3.53. The van der Waals surface area contributed by atoms with Gasteiger partial charge >= 0.3 is 0 Å². The van der Waals surface area contributed by atoms with Crippen LogP contribution in [0.5, 0.6) is 23.0 Å². The number of thiocarbonyl (C=S) groups is 1. The van der Waals surface area contributed by atoms with Crippen molar-refractivity contribution in [3.63, 3.8) is 0 Å². The summed E-state index contributed by atoms with van der Waals surface area (Å²) in [6, 6.07) is 10.5. The molecule has 2 aliphatic heterocycles. The Hall–Kier alpha value is -2.71. The molecule has 27 heavy (non-hydrogen) atoms. The first-order valence-corrected chi connectivity index (χ1v) is 9.28. The minimum Gasteiger partial charge on any atom is -0.504 e. The third kappa shape index (κ3) is 3.45. The zero-order valence-electron chi connectivity index (χ0n) is 14.3. The first kappa shape index (κ1) is 17.7. The van der Waals surface area contributed by atoms with Gasteiger partial charge in [0.2, 0.25) is 6.79 Å². The molecule has 0 aliphatic carbocycles. The maximum atomic E-state index is 12.8. The summed E-state index contributed by atoms with van der Waals surface area (Å²) >= 11 is 6.61. The maximum Gasteiger partial charge on any atom is 0.266 e. The van der Waals surface area contributed by atoms with E-state index in [1.807, 2.05) is 18.2 Å². The van der Waals surface area contributed by atoms with E-state index in [1.165, 1.54) is 18.9 Å². The SMILES string of the molecule is COc1ccc(/C=C2\SC(=S)N(Cc3ccc4c(c3)OCO4)C2=O)cc1O. The summed E-state index contributed by atoms with van der Waals surface area (Å²) in [5, 5.41) is 9.90. The van der Waals surface area contributed by atoms with E-state index in [9.17, 15) is 9.90 Å². The molecule has 138 valence electrons. The number of carbonyl (C=O) groups is 1. The van der Waals surface area contributed by atoms with Gasteiger partial charge in [-0.2, -0.15) is 0 Å². The number of hydrogen-bond acceptors (Lipinski definition) is 7. The van der Waals surface area contributed by atoms with E-state index in [0.29, 0.717) is 38.6 Å². The first-order chi connectivity index (χ1) is 13.0. The number of phenolic OH excluding ortho intramolecular Hbond substituents is 1. The van der Waals surface area contributed by atoms with Gasteiger partial charge in [0.25, 0.3) is 5.91 Å². The molecule has 0 aromatic heterocycles. The van der Waals surface area contributed by atoms with Crippen molar-refractivity contribution in [2.75, 3.05) is 13.9 Å². The van der Waals surface area contributed by atoms with Crippen LogP contribution in [0.2, 0.25) is 0 Å². The van der Waals surface area contributed by atoms with Crippen LogP contribution in [0.4, 0.5) is 0 Å². The molecule has 2 aliphatic rings. The Bertz CT molecular complexity index is 973. The molecule has 1 amide bonds. The Morgan fingerprint density at radius 2 is 2.07 bits per heavy atom. The number of aromatic hydroxyl groups is 1. The Kier molecular flexibility index (Phi) is 4.67. The van der Waals surface area contributed by atoms with Crippen LogP contribution >= 0.6 is 24.0 Å². The molecule has 0 unspecified atom stereocenters. The number of phenols is 1. The largest absolute Gasteiger partial charge is 0.504 e. The molecule has 1 saturated heterocycles. The van der Waals surface area contributed by atoms with E-state index in [1.54, 1.807) is 29.2 Å². The Labute approximate surface area is 165 Å². The fourth-order valence-electron chi connectivity index (χ4n) is 2.81. The number of thioether (sulfide) groups is 1. The summed E-state index contributed by atoms with van der Waals surface area (Å²) in [5.74, 6) is 1.59. The van der Waals surface area contributed by atoms with Gasteiger partial charge in [0, 0.05) is 0 Å². The standard InChI is InChI=1S/C19H15NO5S2/c1-23-14-4-2-11(6-13(14)21)8-17-18(22)20(19(26)27-17)9-12-3-5-15-16(7-12)25-10-24-15/h2-8,21H,9-10H2,1H3/b17-8-. The molecule has 0 radical (unpaired) electrons. The van der Waals surface area contributed by atoms with E-state index in [4.69, 9.17) is 26.4 Å². The van der Waals surface area contributed by atoms with Gasteiger partial charge in [0.15, 0.2) is 23.0 Å². The lowest BCUT2D eigenvalue weighted by molar-refractivity contribution is -0.122. The van der Waals surface area contributed by atoms with Crippen LogP contribution in [0, 0.1) is 0 Å². The number of hydrogen-bond donors (Lipinski definition) is 1. The quantitative estimate of drug-likeness (QED) is 0.621. The van der Waals surface area contributed by atoms with Gasteiger partial charge < -0.3 is 19.3 Å². The maximum absolute atomic E-state index is 12.8. The molecule has 0 saturated carbocycles.